The lowest BCUT2D eigenvalue weighted by molar-refractivity contribution is 0.0124. The Balaban J connectivity index is 1.69. The Hall–Kier alpha value is -0.690. The van der Waals surface area contributed by atoms with Crippen LogP contribution in [0.5, 0.6) is 0 Å². The minimum Gasteiger partial charge on any atom is -0.379 e. The summed E-state index contributed by atoms with van der Waals surface area (Å²) in [4.78, 5) is 9.47. The number of hydrogen-bond acceptors (Lipinski definition) is 6. The van der Waals surface area contributed by atoms with E-state index < -0.39 is 0 Å². The third-order valence-electron chi connectivity index (χ3n) is 3.90. The Kier molecular flexibility index (Phi) is 4.02. The number of aryl methyl sites for hydroxylation is 1. The van der Waals surface area contributed by atoms with E-state index in [4.69, 9.17) is 10.5 Å². The fourth-order valence-electron chi connectivity index (χ4n) is 2.96. The monoisotopic (exact) mass is 282 g/mol. The number of morpholine rings is 1. The maximum atomic E-state index is 6.24. The molecule has 0 aliphatic carbocycles. The number of nitrogens with zero attached hydrogens (tertiary/aromatic N) is 3. The van der Waals surface area contributed by atoms with Gasteiger partial charge in [-0.05, 0) is 13.3 Å². The van der Waals surface area contributed by atoms with Gasteiger partial charge in [-0.1, -0.05) is 0 Å². The number of piperidine rings is 1. The van der Waals surface area contributed by atoms with Crippen LogP contribution in [0.2, 0.25) is 0 Å². The largest absolute Gasteiger partial charge is 0.379 e. The van der Waals surface area contributed by atoms with Gasteiger partial charge in [0, 0.05) is 43.6 Å². The summed E-state index contributed by atoms with van der Waals surface area (Å²) in [5.74, 6) is 0. The molecule has 2 aliphatic heterocycles. The number of ether oxygens (including phenoxy) is 1. The highest BCUT2D eigenvalue weighted by molar-refractivity contribution is 7.13. The number of aromatic nitrogens is 1. The summed E-state index contributed by atoms with van der Waals surface area (Å²) in [6.45, 7) is 7.77. The fraction of sp³-hybridized carbons (Fsp3) is 0.769. The molecule has 5 nitrogen and oxygen atoms in total. The van der Waals surface area contributed by atoms with Crippen LogP contribution >= 0.6 is 11.3 Å². The lowest BCUT2D eigenvalue weighted by Gasteiger charge is -2.43. The van der Waals surface area contributed by atoms with Gasteiger partial charge in [0.05, 0.1) is 18.9 Å². The lowest BCUT2D eigenvalue weighted by Crippen LogP contribution is -2.57. The van der Waals surface area contributed by atoms with Crippen LogP contribution in [0.3, 0.4) is 0 Å². The van der Waals surface area contributed by atoms with Gasteiger partial charge < -0.3 is 15.4 Å². The van der Waals surface area contributed by atoms with Crippen LogP contribution in [0.4, 0.5) is 5.13 Å². The first kappa shape index (κ1) is 13.3. The van der Waals surface area contributed by atoms with Gasteiger partial charge in [-0.25, -0.2) is 4.98 Å². The van der Waals surface area contributed by atoms with Crippen molar-refractivity contribution < 1.29 is 4.74 Å². The molecule has 19 heavy (non-hydrogen) atoms. The molecule has 3 heterocycles. The molecule has 2 saturated heterocycles. The summed E-state index contributed by atoms with van der Waals surface area (Å²) in [6, 6.07) is 0.780. The molecule has 1 aromatic heterocycles. The van der Waals surface area contributed by atoms with E-state index in [9.17, 15) is 0 Å². The molecule has 2 atom stereocenters. The van der Waals surface area contributed by atoms with Gasteiger partial charge in [0.1, 0.15) is 0 Å². The van der Waals surface area contributed by atoms with E-state index >= 15 is 0 Å². The molecule has 0 spiro atoms. The van der Waals surface area contributed by atoms with Crippen molar-refractivity contribution in [2.75, 3.05) is 44.3 Å². The van der Waals surface area contributed by atoms with Gasteiger partial charge in [-0.3, -0.25) is 4.90 Å². The van der Waals surface area contributed by atoms with Gasteiger partial charge in [-0.2, -0.15) is 0 Å². The van der Waals surface area contributed by atoms with Crippen molar-refractivity contribution in [3.8, 4) is 0 Å². The second-order valence-corrected chi connectivity index (χ2v) is 6.31. The van der Waals surface area contributed by atoms with Gasteiger partial charge in [0.15, 0.2) is 5.13 Å². The van der Waals surface area contributed by atoms with Gasteiger partial charge in [-0.15, -0.1) is 11.3 Å². The van der Waals surface area contributed by atoms with Crippen LogP contribution in [-0.2, 0) is 4.74 Å². The van der Waals surface area contributed by atoms with Gasteiger partial charge in [0.25, 0.3) is 0 Å². The van der Waals surface area contributed by atoms with E-state index in [0.717, 1.165) is 56.6 Å². The van der Waals surface area contributed by atoms with Crippen molar-refractivity contribution in [1.29, 1.82) is 0 Å². The third kappa shape index (κ3) is 3.08. The minimum atomic E-state index is 0.241. The molecule has 1 aromatic rings. The van der Waals surface area contributed by atoms with Gasteiger partial charge in [0.2, 0.25) is 0 Å². The van der Waals surface area contributed by atoms with Crippen LogP contribution in [-0.4, -0.2) is 61.4 Å². The molecule has 0 unspecified atom stereocenters. The smallest absolute Gasteiger partial charge is 0.185 e. The van der Waals surface area contributed by atoms with E-state index in [0.29, 0.717) is 6.04 Å². The van der Waals surface area contributed by atoms with Crippen molar-refractivity contribution in [2.24, 2.45) is 5.73 Å². The molecular formula is C13H22N4OS. The summed E-state index contributed by atoms with van der Waals surface area (Å²) in [7, 11) is 0. The highest BCUT2D eigenvalue weighted by Gasteiger charge is 2.31. The Bertz CT molecular complexity index is 419. The average Bonchev–Trinajstić information content (AvgIpc) is 2.86. The highest BCUT2D eigenvalue weighted by atomic mass is 32.1. The van der Waals surface area contributed by atoms with E-state index in [2.05, 4.69) is 20.2 Å². The van der Waals surface area contributed by atoms with Crippen LogP contribution in [0.1, 0.15) is 12.1 Å². The first-order valence-electron chi connectivity index (χ1n) is 6.97. The molecule has 6 heteroatoms. The van der Waals surface area contributed by atoms with Crippen LogP contribution < -0.4 is 10.6 Å². The molecule has 0 amide bonds. The second-order valence-electron chi connectivity index (χ2n) is 5.47. The molecular weight excluding hydrogens is 260 g/mol. The average molecular weight is 282 g/mol. The maximum absolute atomic E-state index is 6.24. The number of rotatable bonds is 2. The standard InChI is InChI=1S/C13H22N4OS/c1-10-9-19-13(15-10)17-7-11(14)6-12(8-17)16-2-4-18-5-3-16/h9,11-12H,2-8,14H2,1H3/t11-,12-/m0/s1. The van der Waals surface area contributed by atoms with E-state index in [1.807, 2.05) is 6.92 Å². The Morgan fingerprint density at radius 3 is 2.84 bits per heavy atom. The quantitative estimate of drug-likeness (QED) is 0.865. The number of anilines is 1. The SMILES string of the molecule is Cc1csc(N2C[C@@H](N)C[C@H](N3CCOCC3)C2)n1. The topological polar surface area (TPSA) is 54.6 Å². The van der Waals surface area contributed by atoms with Crippen LogP contribution in [0, 0.1) is 6.92 Å². The van der Waals surface area contributed by atoms with Crippen LogP contribution in [0.15, 0.2) is 5.38 Å². The molecule has 0 saturated carbocycles. The maximum Gasteiger partial charge on any atom is 0.185 e. The van der Waals surface area contributed by atoms with E-state index in [1.54, 1.807) is 11.3 Å². The summed E-state index contributed by atoms with van der Waals surface area (Å²) in [5, 5.41) is 3.23. The number of thiazole rings is 1. The van der Waals surface area contributed by atoms with Crippen molar-refractivity contribution >= 4 is 16.5 Å². The minimum absolute atomic E-state index is 0.241. The number of nitrogens with two attached hydrogens (primary N) is 1. The molecule has 0 radical (unpaired) electrons. The lowest BCUT2D eigenvalue weighted by atomic mass is 10.00. The molecule has 106 valence electrons. The summed E-state index contributed by atoms with van der Waals surface area (Å²) in [5.41, 5.74) is 7.34. The highest BCUT2D eigenvalue weighted by Crippen LogP contribution is 2.25. The molecule has 3 rings (SSSR count). The van der Waals surface area contributed by atoms with Crippen molar-refractivity contribution in [3.63, 3.8) is 0 Å². The molecule has 0 aromatic carbocycles. The Morgan fingerprint density at radius 2 is 2.16 bits per heavy atom. The van der Waals surface area contributed by atoms with Crippen molar-refractivity contribution in [2.45, 2.75) is 25.4 Å². The predicted molar refractivity (Wildman–Crippen MR) is 77.8 cm³/mol. The molecule has 2 fully saturated rings. The Morgan fingerprint density at radius 1 is 1.37 bits per heavy atom. The van der Waals surface area contributed by atoms with E-state index in [-0.39, 0.29) is 6.04 Å². The predicted octanol–water partition coefficient (Wildman–Crippen LogP) is 0.690. The van der Waals surface area contributed by atoms with Crippen molar-refractivity contribution in [1.82, 2.24) is 9.88 Å². The fourth-order valence-corrected chi connectivity index (χ4v) is 3.78. The zero-order valence-electron chi connectivity index (χ0n) is 11.4. The summed E-state index contributed by atoms with van der Waals surface area (Å²) < 4.78 is 5.44. The van der Waals surface area contributed by atoms with Gasteiger partial charge >= 0.3 is 0 Å². The Labute approximate surface area is 118 Å². The summed E-state index contributed by atoms with van der Waals surface area (Å²) in [6.07, 6.45) is 1.08. The third-order valence-corrected chi connectivity index (χ3v) is 4.92. The zero-order chi connectivity index (χ0) is 13.2. The first-order chi connectivity index (χ1) is 9.22. The second kappa shape index (κ2) is 5.75. The normalized spacial score (nSPS) is 29.7. The molecule has 0 bridgehead atoms. The van der Waals surface area contributed by atoms with Crippen LogP contribution in [0.25, 0.3) is 0 Å². The zero-order valence-corrected chi connectivity index (χ0v) is 12.2. The van der Waals surface area contributed by atoms with E-state index in [1.165, 1.54) is 0 Å². The summed E-state index contributed by atoms with van der Waals surface area (Å²) >= 11 is 1.72. The molecule has 2 N–H and O–H groups in total. The number of hydrogen-bond donors (Lipinski definition) is 1. The van der Waals surface area contributed by atoms with Crippen molar-refractivity contribution in [3.05, 3.63) is 11.1 Å². The first-order valence-corrected chi connectivity index (χ1v) is 7.85. The molecule has 2 aliphatic rings.